The third-order valence-electron chi connectivity index (χ3n) is 4.59. The van der Waals surface area contributed by atoms with Crippen LogP contribution in [0.1, 0.15) is 40.1 Å². The molecule has 0 saturated carbocycles. The summed E-state index contributed by atoms with van der Waals surface area (Å²) in [5, 5.41) is 14.8. The molecule has 0 saturated heterocycles. The number of nitrogens with zero attached hydrogens (tertiary/aromatic N) is 3. The van der Waals surface area contributed by atoms with E-state index in [9.17, 15) is 9.90 Å². The highest BCUT2D eigenvalue weighted by Crippen LogP contribution is 2.16. The van der Waals surface area contributed by atoms with Crippen LogP contribution in [0.3, 0.4) is 0 Å². The lowest BCUT2D eigenvalue weighted by molar-refractivity contribution is 0.0635. The highest BCUT2D eigenvalue weighted by molar-refractivity contribution is 5.93. The number of carbonyl (C=O) groups is 1. The lowest BCUT2D eigenvalue weighted by Crippen LogP contribution is -2.34. The summed E-state index contributed by atoms with van der Waals surface area (Å²) in [6, 6.07) is 17.7. The van der Waals surface area contributed by atoms with Gasteiger partial charge in [0.2, 0.25) is 0 Å². The topological polar surface area (TPSA) is 58.4 Å². The molecule has 0 unspecified atom stereocenters. The Hall–Kier alpha value is -2.92. The van der Waals surface area contributed by atoms with Gasteiger partial charge in [-0.2, -0.15) is 5.10 Å². The number of aliphatic hydroxyl groups is 1. The molecule has 5 nitrogen and oxygen atoms in total. The van der Waals surface area contributed by atoms with E-state index in [0.29, 0.717) is 18.7 Å². The Morgan fingerprint density at radius 2 is 1.85 bits per heavy atom. The number of aliphatic hydroxyl groups excluding tert-OH is 1. The SMILES string of the molecule is CCN(C[C@@H](O)c1ccc(C)cc1)C(=O)c1cnn(Cc2ccccc2)c1. The minimum Gasteiger partial charge on any atom is -0.387 e. The Balaban J connectivity index is 1.66. The molecule has 0 fully saturated rings. The molecule has 1 heterocycles. The molecule has 5 heteroatoms. The maximum absolute atomic E-state index is 12.8. The Morgan fingerprint density at radius 1 is 1.15 bits per heavy atom. The van der Waals surface area contributed by atoms with Crippen molar-refractivity contribution in [2.24, 2.45) is 0 Å². The molecule has 1 amide bonds. The molecule has 1 N–H and O–H groups in total. The third-order valence-corrected chi connectivity index (χ3v) is 4.59. The molecule has 0 radical (unpaired) electrons. The molecule has 2 aromatic carbocycles. The highest BCUT2D eigenvalue weighted by atomic mass is 16.3. The normalized spacial score (nSPS) is 12.0. The summed E-state index contributed by atoms with van der Waals surface area (Å²) in [7, 11) is 0. The zero-order chi connectivity index (χ0) is 19.2. The lowest BCUT2D eigenvalue weighted by Gasteiger charge is -2.23. The Labute approximate surface area is 159 Å². The first-order valence-electron chi connectivity index (χ1n) is 9.17. The van der Waals surface area contributed by atoms with E-state index in [1.54, 1.807) is 22.0 Å². The van der Waals surface area contributed by atoms with Gasteiger partial charge in [-0.05, 0) is 25.0 Å². The van der Waals surface area contributed by atoms with Gasteiger partial charge in [0.25, 0.3) is 5.91 Å². The van der Waals surface area contributed by atoms with E-state index in [-0.39, 0.29) is 12.5 Å². The van der Waals surface area contributed by atoms with Crippen molar-refractivity contribution in [3.8, 4) is 0 Å². The standard InChI is InChI=1S/C22H25N3O2/c1-3-24(16-21(26)19-11-9-17(2)10-12-19)22(27)20-13-23-25(15-20)14-18-7-5-4-6-8-18/h4-13,15,21,26H,3,14,16H2,1-2H3/t21-/m1/s1. The molecule has 27 heavy (non-hydrogen) atoms. The predicted octanol–water partition coefficient (Wildman–Crippen LogP) is 3.44. The summed E-state index contributed by atoms with van der Waals surface area (Å²) >= 11 is 0. The molecular formula is C22H25N3O2. The first-order valence-corrected chi connectivity index (χ1v) is 9.17. The molecule has 0 spiro atoms. The maximum Gasteiger partial charge on any atom is 0.257 e. The number of rotatable bonds is 7. The minimum atomic E-state index is -0.714. The first kappa shape index (κ1) is 18.9. The van der Waals surface area contributed by atoms with Gasteiger partial charge in [-0.25, -0.2) is 0 Å². The van der Waals surface area contributed by atoms with E-state index in [0.717, 1.165) is 16.7 Å². The van der Waals surface area contributed by atoms with E-state index < -0.39 is 6.10 Å². The van der Waals surface area contributed by atoms with Gasteiger partial charge >= 0.3 is 0 Å². The summed E-state index contributed by atoms with van der Waals surface area (Å²) in [6.45, 7) is 5.30. The van der Waals surface area contributed by atoms with Crippen LogP contribution in [0.25, 0.3) is 0 Å². The zero-order valence-corrected chi connectivity index (χ0v) is 15.7. The van der Waals surface area contributed by atoms with Crippen LogP contribution in [-0.2, 0) is 6.54 Å². The fourth-order valence-electron chi connectivity index (χ4n) is 2.97. The molecule has 140 valence electrons. The smallest absolute Gasteiger partial charge is 0.257 e. The summed E-state index contributed by atoms with van der Waals surface area (Å²) in [4.78, 5) is 14.5. The second-order valence-electron chi connectivity index (χ2n) is 6.68. The second-order valence-corrected chi connectivity index (χ2v) is 6.68. The van der Waals surface area contributed by atoms with E-state index >= 15 is 0 Å². The Kier molecular flexibility index (Phi) is 6.04. The van der Waals surface area contributed by atoms with Gasteiger partial charge in [0, 0.05) is 12.7 Å². The van der Waals surface area contributed by atoms with Crippen molar-refractivity contribution in [3.63, 3.8) is 0 Å². The molecule has 0 aliphatic rings. The maximum atomic E-state index is 12.8. The zero-order valence-electron chi connectivity index (χ0n) is 15.7. The van der Waals surface area contributed by atoms with Crippen molar-refractivity contribution < 1.29 is 9.90 Å². The molecule has 0 bridgehead atoms. The van der Waals surface area contributed by atoms with E-state index in [2.05, 4.69) is 5.10 Å². The summed E-state index contributed by atoms with van der Waals surface area (Å²) < 4.78 is 1.76. The van der Waals surface area contributed by atoms with E-state index in [4.69, 9.17) is 0 Å². The molecule has 1 atom stereocenters. The number of carbonyl (C=O) groups excluding carboxylic acids is 1. The van der Waals surface area contributed by atoms with Crippen LogP contribution in [-0.4, -0.2) is 38.8 Å². The summed E-state index contributed by atoms with van der Waals surface area (Å²) in [5.41, 5.74) is 3.61. The van der Waals surface area contributed by atoms with Crippen LogP contribution in [0.2, 0.25) is 0 Å². The number of hydrogen-bond donors (Lipinski definition) is 1. The number of hydrogen-bond acceptors (Lipinski definition) is 3. The van der Waals surface area contributed by atoms with Crippen LogP contribution in [0, 0.1) is 6.92 Å². The van der Waals surface area contributed by atoms with Gasteiger partial charge in [0.15, 0.2) is 0 Å². The average molecular weight is 363 g/mol. The number of aromatic nitrogens is 2. The Morgan fingerprint density at radius 3 is 2.52 bits per heavy atom. The van der Waals surface area contributed by atoms with Gasteiger partial charge in [0.1, 0.15) is 0 Å². The second kappa shape index (κ2) is 8.64. The number of benzene rings is 2. The van der Waals surface area contributed by atoms with E-state index in [1.807, 2.05) is 68.4 Å². The van der Waals surface area contributed by atoms with Crippen LogP contribution in [0.4, 0.5) is 0 Å². The largest absolute Gasteiger partial charge is 0.387 e. The van der Waals surface area contributed by atoms with Gasteiger partial charge in [-0.15, -0.1) is 0 Å². The molecule has 0 aliphatic heterocycles. The average Bonchev–Trinajstić information content (AvgIpc) is 3.15. The van der Waals surface area contributed by atoms with Crippen LogP contribution < -0.4 is 0 Å². The molecule has 0 aliphatic carbocycles. The van der Waals surface area contributed by atoms with E-state index in [1.165, 1.54) is 0 Å². The molecule has 3 rings (SSSR count). The van der Waals surface area contributed by atoms with Crippen molar-refractivity contribution >= 4 is 5.91 Å². The quantitative estimate of drug-likeness (QED) is 0.700. The third kappa shape index (κ3) is 4.83. The highest BCUT2D eigenvalue weighted by Gasteiger charge is 2.20. The van der Waals surface area contributed by atoms with Crippen molar-refractivity contribution in [3.05, 3.63) is 89.2 Å². The predicted molar refractivity (Wildman–Crippen MR) is 105 cm³/mol. The molecule has 3 aromatic rings. The monoisotopic (exact) mass is 363 g/mol. The van der Waals surface area contributed by atoms with Crippen molar-refractivity contribution in [2.45, 2.75) is 26.5 Å². The van der Waals surface area contributed by atoms with Crippen LogP contribution >= 0.6 is 0 Å². The molecular weight excluding hydrogens is 338 g/mol. The summed E-state index contributed by atoms with van der Waals surface area (Å²) in [5.74, 6) is -0.122. The fraction of sp³-hybridized carbons (Fsp3) is 0.273. The van der Waals surface area contributed by atoms with Crippen molar-refractivity contribution in [1.82, 2.24) is 14.7 Å². The minimum absolute atomic E-state index is 0.122. The van der Waals surface area contributed by atoms with Crippen LogP contribution in [0.15, 0.2) is 67.0 Å². The lowest BCUT2D eigenvalue weighted by atomic mass is 10.1. The fourth-order valence-corrected chi connectivity index (χ4v) is 2.97. The van der Waals surface area contributed by atoms with Crippen molar-refractivity contribution in [1.29, 1.82) is 0 Å². The first-order chi connectivity index (χ1) is 13.1. The van der Waals surface area contributed by atoms with Crippen LogP contribution in [0.5, 0.6) is 0 Å². The number of aryl methyl sites for hydroxylation is 1. The van der Waals surface area contributed by atoms with Gasteiger partial charge < -0.3 is 10.0 Å². The number of likely N-dealkylation sites (N-methyl/N-ethyl adjacent to an activating group) is 1. The number of amides is 1. The Bertz CT molecular complexity index is 872. The summed E-state index contributed by atoms with van der Waals surface area (Å²) in [6.07, 6.45) is 2.64. The van der Waals surface area contributed by atoms with Crippen molar-refractivity contribution in [2.75, 3.05) is 13.1 Å². The van der Waals surface area contributed by atoms with Gasteiger partial charge in [-0.1, -0.05) is 60.2 Å². The van der Waals surface area contributed by atoms with Gasteiger partial charge in [0.05, 0.1) is 31.0 Å². The van der Waals surface area contributed by atoms with Gasteiger partial charge in [-0.3, -0.25) is 9.48 Å². The molecule has 1 aromatic heterocycles.